The van der Waals surface area contributed by atoms with E-state index in [1.165, 1.54) is 19.3 Å². The molecule has 1 N–H and O–H groups in total. The number of halogens is 1. The molecule has 1 aliphatic heterocycles. The van der Waals surface area contributed by atoms with Crippen LogP contribution >= 0.6 is 11.6 Å². The minimum Gasteiger partial charge on any atom is -0.311 e. The lowest BCUT2D eigenvalue weighted by Crippen LogP contribution is -2.64. The quantitative estimate of drug-likeness (QED) is 0.825. The molecule has 2 unspecified atom stereocenters. The molecule has 1 saturated heterocycles. The first-order valence-electron chi connectivity index (χ1n) is 7.30. The lowest BCUT2D eigenvalue weighted by molar-refractivity contribution is 0.0414. The third kappa shape index (κ3) is 3.28. The second kappa shape index (κ2) is 5.94. The van der Waals surface area contributed by atoms with Crippen LogP contribution in [0.1, 0.15) is 40.0 Å². The fraction of sp³-hybridized carbons (Fsp3) is 0.867. The third-order valence-electron chi connectivity index (χ3n) is 4.54. The molecule has 104 valence electrons. The van der Waals surface area contributed by atoms with E-state index in [1.54, 1.807) is 5.54 Å². The van der Waals surface area contributed by atoms with Gasteiger partial charge in [-0.15, -0.1) is 0 Å². The molecule has 0 aromatic heterocycles. The maximum atomic E-state index is 5.71. The summed E-state index contributed by atoms with van der Waals surface area (Å²) in [4.78, 5) is 2.65. The average Bonchev–Trinajstić information content (AvgIpc) is 3.13. The molecule has 2 atom stereocenters. The van der Waals surface area contributed by atoms with Crippen molar-refractivity contribution in [2.75, 3.05) is 19.6 Å². The van der Waals surface area contributed by atoms with Crippen LogP contribution in [0.15, 0.2) is 11.6 Å². The summed E-state index contributed by atoms with van der Waals surface area (Å²) in [5.74, 6) is 1.65. The van der Waals surface area contributed by atoms with Gasteiger partial charge in [0.25, 0.3) is 0 Å². The largest absolute Gasteiger partial charge is 0.311 e. The van der Waals surface area contributed by atoms with E-state index in [0.29, 0.717) is 11.6 Å². The summed E-state index contributed by atoms with van der Waals surface area (Å²) < 4.78 is 0. The molecule has 0 bridgehead atoms. The van der Waals surface area contributed by atoms with Gasteiger partial charge in [-0.25, -0.2) is 0 Å². The van der Waals surface area contributed by atoms with Crippen LogP contribution < -0.4 is 5.32 Å². The first-order chi connectivity index (χ1) is 8.56. The van der Waals surface area contributed by atoms with Crippen LogP contribution in [-0.4, -0.2) is 36.1 Å². The summed E-state index contributed by atoms with van der Waals surface area (Å²) in [5, 5.41) is 3.77. The van der Waals surface area contributed by atoms with Crippen LogP contribution in [0, 0.1) is 11.8 Å². The fourth-order valence-electron chi connectivity index (χ4n) is 3.29. The number of hydrogen-bond donors (Lipinski definition) is 1. The molecule has 18 heavy (non-hydrogen) atoms. The highest BCUT2D eigenvalue weighted by atomic mass is 35.5. The van der Waals surface area contributed by atoms with E-state index in [4.69, 9.17) is 11.6 Å². The highest BCUT2D eigenvalue weighted by molar-refractivity contribution is 6.25. The minimum atomic E-state index is 0.337. The van der Waals surface area contributed by atoms with E-state index in [0.717, 1.165) is 31.5 Å². The molecule has 0 aromatic carbocycles. The Balaban J connectivity index is 2.00. The van der Waals surface area contributed by atoms with E-state index < -0.39 is 0 Å². The van der Waals surface area contributed by atoms with Gasteiger partial charge in [0, 0.05) is 36.8 Å². The zero-order chi connectivity index (χ0) is 13.2. The molecule has 1 saturated carbocycles. The Morgan fingerprint density at radius 2 is 2.17 bits per heavy atom. The van der Waals surface area contributed by atoms with Gasteiger partial charge in [0.15, 0.2) is 0 Å². The highest BCUT2D eigenvalue weighted by Crippen LogP contribution is 2.44. The van der Waals surface area contributed by atoms with Gasteiger partial charge in [-0.2, -0.15) is 0 Å². The van der Waals surface area contributed by atoms with Crippen LogP contribution in [0.2, 0.25) is 0 Å². The summed E-state index contributed by atoms with van der Waals surface area (Å²) in [6, 6.07) is 0.639. The van der Waals surface area contributed by atoms with Gasteiger partial charge in [0.1, 0.15) is 0 Å². The first kappa shape index (κ1) is 14.4. The van der Waals surface area contributed by atoms with Crippen molar-refractivity contribution in [3.05, 3.63) is 11.6 Å². The molecular weight excluding hydrogens is 244 g/mol. The zero-order valence-corrected chi connectivity index (χ0v) is 12.7. The zero-order valence-electron chi connectivity index (χ0n) is 12.0. The fourth-order valence-corrected chi connectivity index (χ4v) is 3.37. The maximum Gasteiger partial charge on any atom is 0.0337 e. The van der Waals surface area contributed by atoms with Crippen molar-refractivity contribution in [1.82, 2.24) is 10.2 Å². The Bertz CT molecular complexity index is 299. The molecule has 0 spiro atoms. The topological polar surface area (TPSA) is 15.3 Å². The van der Waals surface area contributed by atoms with E-state index in [-0.39, 0.29) is 0 Å². The maximum absolute atomic E-state index is 5.71. The summed E-state index contributed by atoms with van der Waals surface area (Å²) in [5.41, 5.74) is 2.00. The van der Waals surface area contributed by atoms with Crippen molar-refractivity contribution in [2.24, 2.45) is 11.8 Å². The molecule has 3 heteroatoms. The van der Waals surface area contributed by atoms with Crippen LogP contribution in [0.25, 0.3) is 0 Å². The Labute approximate surface area is 117 Å². The van der Waals surface area contributed by atoms with Crippen molar-refractivity contribution in [1.29, 1.82) is 0 Å². The van der Waals surface area contributed by atoms with Gasteiger partial charge in [-0.3, -0.25) is 4.90 Å². The summed E-state index contributed by atoms with van der Waals surface area (Å²) in [6.07, 6.45) is 6.14. The van der Waals surface area contributed by atoms with Gasteiger partial charge >= 0.3 is 0 Å². The molecule has 2 rings (SSSR count). The Hall–Kier alpha value is -0.0500. The molecule has 0 radical (unpaired) electrons. The number of rotatable bonds is 5. The average molecular weight is 271 g/mol. The van der Waals surface area contributed by atoms with Crippen LogP contribution in [0.3, 0.4) is 0 Å². The Kier molecular flexibility index (Phi) is 4.74. The predicted molar refractivity (Wildman–Crippen MR) is 78.9 cm³/mol. The second-order valence-electron chi connectivity index (χ2n) is 6.61. The monoisotopic (exact) mass is 270 g/mol. The van der Waals surface area contributed by atoms with Crippen LogP contribution in [0.4, 0.5) is 0 Å². The summed E-state index contributed by atoms with van der Waals surface area (Å²) >= 11 is 5.71. The van der Waals surface area contributed by atoms with E-state index in [9.17, 15) is 0 Å². The first-order valence-corrected chi connectivity index (χ1v) is 7.73. The van der Waals surface area contributed by atoms with Crippen molar-refractivity contribution in [3.8, 4) is 0 Å². The number of nitrogens with one attached hydrogen (secondary N) is 1. The normalized spacial score (nSPS) is 34.6. The molecule has 2 aliphatic rings. The van der Waals surface area contributed by atoms with Gasteiger partial charge in [0.05, 0.1) is 0 Å². The number of nitrogens with zero attached hydrogens (tertiary/aromatic N) is 1. The highest BCUT2D eigenvalue weighted by Gasteiger charge is 2.47. The predicted octanol–water partition coefficient (Wildman–Crippen LogP) is 3.23. The van der Waals surface area contributed by atoms with Crippen LogP contribution in [-0.2, 0) is 0 Å². The van der Waals surface area contributed by atoms with Crippen molar-refractivity contribution < 1.29 is 0 Å². The van der Waals surface area contributed by atoms with E-state index in [1.807, 2.05) is 0 Å². The van der Waals surface area contributed by atoms with Gasteiger partial charge < -0.3 is 5.32 Å². The summed E-state index contributed by atoms with van der Waals surface area (Å²) in [7, 11) is 0. The molecule has 2 nitrogen and oxygen atoms in total. The number of hydrogen-bond acceptors (Lipinski definition) is 2. The lowest BCUT2D eigenvalue weighted by atomic mass is 9.88. The minimum absolute atomic E-state index is 0.337. The third-order valence-corrected chi connectivity index (χ3v) is 4.72. The van der Waals surface area contributed by atoms with Crippen molar-refractivity contribution >= 4 is 11.6 Å². The standard InChI is InChI=1S/C15H27ClN2/c1-12(2)9-14-10-18(8-4-7-16)15(3,11-17-14)13-5-6-13/h4,7,12-14,17H,5-6,8-11H2,1-3H3/b7-4+. The molecule has 0 aromatic rings. The van der Waals surface area contributed by atoms with Crippen molar-refractivity contribution in [3.63, 3.8) is 0 Å². The van der Waals surface area contributed by atoms with Gasteiger partial charge in [0.2, 0.25) is 0 Å². The Morgan fingerprint density at radius 1 is 1.44 bits per heavy atom. The van der Waals surface area contributed by atoms with Gasteiger partial charge in [-0.1, -0.05) is 31.5 Å². The van der Waals surface area contributed by atoms with Crippen molar-refractivity contribution in [2.45, 2.75) is 51.6 Å². The van der Waals surface area contributed by atoms with Gasteiger partial charge in [-0.05, 0) is 38.0 Å². The molecular formula is C15H27ClN2. The van der Waals surface area contributed by atoms with Crippen LogP contribution in [0.5, 0.6) is 0 Å². The van der Waals surface area contributed by atoms with E-state index in [2.05, 4.69) is 37.1 Å². The second-order valence-corrected chi connectivity index (χ2v) is 6.86. The number of piperazine rings is 1. The van der Waals surface area contributed by atoms with E-state index >= 15 is 0 Å². The lowest BCUT2D eigenvalue weighted by Gasteiger charge is -2.48. The smallest absolute Gasteiger partial charge is 0.0337 e. The Morgan fingerprint density at radius 3 is 2.72 bits per heavy atom. The SMILES string of the molecule is CC(C)CC1CN(C/C=C/Cl)C(C)(C2CC2)CN1. The molecule has 0 amide bonds. The molecule has 1 aliphatic carbocycles. The summed E-state index contributed by atoms with van der Waals surface area (Å²) in [6.45, 7) is 10.3. The molecule has 1 heterocycles. The molecule has 2 fully saturated rings.